The van der Waals surface area contributed by atoms with Gasteiger partial charge in [-0.3, -0.25) is 18.1 Å². The van der Waals surface area contributed by atoms with E-state index in [-0.39, 0.29) is 18.8 Å². The third-order valence-electron chi connectivity index (χ3n) is 4.00. The van der Waals surface area contributed by atoms with Gasteiger partial charge in [0, 0.05) is 13.2 Å². The first-order valence-corrected chi connectivity index (χ1v) is 11.0. The molecule has 0 radical (unpaired) electrons. The van der Waals surface area contributed by atoms with Crippen molar-refractivity contribution in [3.8, 4) is 0 Å². The summed E-state index contributed by atoms with van der Waals surface area (Å²) in [6, 6.07) is 0.0180. The van der Waals surface area contributed by atoms with E-state index in [2.05, 4.69) is 9.84 Å². The minimum absolute atomic E-state index is 0.0180. The van der Waals surface area contributed by atoms with E-state index in [4.69, 9.17) is 23.4 Å². The van der Waals surface area contributed by atoms with Crippen LogP contribution in [0.2, 0.25) is 0 Å². The Balaban J connectivity index is 2.48. The molecule has 0 aromatic rings. The van der Waals surface area contributed by atoms with Gasteiger partial charge in [0.1, 0.15) is 0 Å². The molecular weight excluding hydrogens is 360 g/mol. The van der Waals surface area contributed by atoms with Gasteiger partial charge in [0.2, 0.25) is 0 Å². The standard InChI is InChI=1S/C13H29NO8P2/c1-10(2)13(14-3)9-20-24(18,19-4)22-12-7-5-11(6-8-12)21-23(15,16)17/h10-14H,5-9H2,1-4H3,(H2,15,16,17). The van der Waals surface area contributed by atoms with Gasteiger partial charge in [-0.1, -0.05) is 13.8 Å². The smallest absolute Gasteiger partial charge is 0.315 e. The molecule has 3 N–H and O–H groups in total. The van der Waals surface area contributed by atoms with Gasteiger partial charge in [0.15, 0.2) is 0 Å². The van der Waals surface area contributed by atoms with Gasteiger partial charge in [-0.05, 0) is 38.6 Å². The zero-order valence-electron chi connectivity index (χ0n) is 14.6. The molecule has 9 nitrogen and oxygen atoms in total. The molecule has 1 aliphatic rings. The van der Waals surface area contributed by atoms with Gasteiger partial charge in [-0.15, -0.1) is 0 Å². The molecule has 0 aromatic carbocycles. The van der Waals surface area contributed by atoms with Crippen LogP contribution < -0.4 is 5.32 Å². The summed E-state index contributed by atoms with van der Waals surface area (Å²) < 4.78 is 43.9. The van der Waals surface area contributed by atoms with E-state index < -0.39 is 21.7 Å². The fraction of sp³-hybridized carbons (Fsp3) is 1.00. The van der Waals surface area contributed by atoms with Crippen LogP contribution in [-0.2, 0) is 27.2 Å². The average molecular weight is 389 g/mol. The van der Waals surface area contributed by atoms with Gasteiger partial charge in [0.05, 0.1) is 18.8 Å². The normalized spacial score (nSPS) is 26.3. The van der Waals surface area contributed by atoms with Crippen LogP contribution in [0.1, 0.15) is 39.5 Å². The van der Waals surface area contributed by atoms with Crippen molar-refractivity contribution in [2.45, 2.75) is 57.8 Å². The van der Waals surface area contributed by atoms with Crippen molar-refractivity contribution in [2.75, 3.05) is 20.8 Å². The first-order valence-electron chi connectivity index (χ1n) is 7.98. The lowest BCUT2D eigenvalue weighted by Crippen LogP contribution is -2.35. The lowest BCUT2D eigenvalue weighted by atomic mass is 9.95. The van der Waals surface area contributed by atoms with Crippen LogP contribution in [0.3, 0.4) is 0 Å². The Kier molecular flexibility index (Phi) is 9.04. The molecule has 0 spiro atoms. The summed E-state index contributed by atoms with van der Waals surface area (Å²) in [7, 11) is -5.09. The fourth-order valence-corrected chi connectivity index (χ4v) is 4.30. The van der Waals surface area contributed by atoms with Crippen molar-refractivity contribution in [1.29, 1.82) is 0 Å². The maximum absolute atomic E-state index is 12.6. The molecule has 144 valence electrons. The van der Waals surface area contributed by atoms with Gasteiger partial charge in [-0.25, -0.2) is 9.13 Å². The molecule has 0 aliphatic heterocycles. The molecule has 2 atom stereocenters. The zero-order chi connectivity index (χ0) is 18.4. The molecule has 1 aliphatic carbocycles. The van der Waals surface area contributed by atoms with Gasteiger partial charge < -0.3 is 15.1 Å². The number of hydrogen-bond acceptors (Lipinski definition) is 7. The summed E-state index contributed by atoms with van der Waals surface area (Å²) in [5.74, 6) is 0.292. The summed E-state index contributed by atoms with van der Waals surface area (Å²) in [5.41, 5.74) is 0. The van der Waals surface area contributed by atoms with Crippen molar-refractivity contribution >= 4 is 15.6 Å². The summed E-state index contributed by atoms with van der Waals surface area (Å²) in [6.07, 6.45) is 0.847. The van der Waals surface area contributed by atoms with E-state index in [1.807, 2.05) is 13.8 Å². The highest BCUT2D eigenvalue weighted by molar-refractivity contribution is 7.48. The molecule has 11 heteroatoms. The molecule has 1 rings (SSSR count). The van der Waals surface area contributed by atoms with Crippen LogP contribution >= 0.6 is 15.6 Å². The topological polar surface area (TPSA) is 124 Å². The SMILES string of the molecule is CNC(COP(=O)(OC)OC1CCC(OP(=O)(O)O)CC1)C(C)C. The Hall–Kier alpha value is 0.180. The minimum Gasteiger partial charge on any atom is -0.315 e. The second-order valence-electron chi connectivity index (χ2n) is 6.16. The Morgan fingerprint density at radius 2 is 1.58 bits per heavy atom. The van der Waals surface area contributed by atoms with Gasteiger partial charge >= 0.3 is 15.6 Å². The minimum atomic E-state index is -4.49. The van der Waals surface area contributed by atoms with Crippen LogP contribution in [0.15, 0.2) is 0 Å². The molecule has 24 heavy (non-hydrogen) atoms. The van der Waals surface area contributed by atoms with E-state index in [0.717, 1.165) is 0 Å². The monoisotopic (exact) mass is 389 g/mol. The van der Waals surface area contributed by atoms with Crippen molar-refractivity contribution in [1.82, 2.24) is 5.32 Å². The highest BCUT2D eigenvalue weighted by Gasteiger charge is 2.34. The van der Waals surface area contributed by atoms with Gasteiger partial charge in [0.25, 0.3) is 0 Å². The van der Waals surface area contributed by atoms with Crippen molar-refractivity contribution in [3.63, 3.8) is 0 Å². The summed E-state index contributed by atoms with van der Waals surface area (Å²) in [6.45, 7) is 4.23. The predicted molar refractivity (Wildman–Crippen MR) is 88.5 cm³/mol. The molecule has 0 bridgehead atoms. The molecule has 0 amide bonds. The zero-order valence-corrected chi connectivity index (χ0v) is 16.4. The molecule has 1 saturated carbocycles. The molecular formula is C13H29NO8P2. The first kappa shape index (κ1) is 22.2. The van der Waals surface area contributed by atoms with Crippen LogP contribution in [0, 0.1) is 5.92 Å². The molecule has 0 aromatic heterocycles. The second-order valence-corrected chi connectivity index (χ2v) is 9.09. The number of nitrogens with one attached hydrogen (secondary N) is 1. The number of likely N-dealkylation sites (N-methyl/N-ethyl adjacent to an activating group) is 1. The maximum atomic E-state index is 12.6. The van der Waals surface area contributed by atoms with E-state index in [0.29, 0.717) is 31.6 Å². The van der Waals surface area contributed by atoms with E-state index >= 15 is 0 Å². The van der Waals surface area contributed by atoms with Crippen LogP contribution in [0.25, 0.3) is 0 Å². The molecule has 0 saturated heterocycles. The second kappa shape index (κ2) is 9.76. The lowest BCUT2D eigenvalue weighted by molar-refractivity contribution is 0.0298. The first-order chi connectivity index (χ1) is 11.1. The highest BCUT2D eigenvalue weighted by Crippen LogP contribution is 2.52. The number of phosphoric acid groups is 2. The lowest BCUT2D eigenvalue weighted by Gasteiger charge is -2.30. The predicted octanol–water partition coefficient (Wildman–Crippen LogP) is 2.44. The third-order valence-corrected chi connectivity index (χ3v) is 6.04. The Labute approximate surface area is 143 Å². The fourth-order valence-electron chi connectivity index (χ4n) is 2.53. The molecule has 1 fully saturated rings. The maximum Gasteiger partial charge on any atom is 0.474 e. The van der Waals surface area contributed by atoms with E-state index in [9.17, 15) is 9.13 Å². The van der Waals surface area contributed by atoms with E-state index in [1.165, 1.54) is 7.11 Å². The largest absolute Gasteiger partial charge is 0.474 e. The van der Waals surface area contributed by atoms with Crippen molar-refractivity contribution in [2.24, 2.45) is 5.92 Å². The Morgan fingerprint density at radius 3 is 1.96 bits per heavy atom. The summed E-state index contributed by atoms with van der Waals surface area (Å²) >= 11 is 0. The van der Waals surface area contributed by atoms with Crippen LogP contribution in [0.4, 0.5) is 0 Å². The van der Waals surface area contributed by atoms with Crippen LogP contribution in [-0.4, -0.2) is 48.8 Å². The number of rotatable bonds is 10. The summed E-state index contributed by atoms with van der Waals surface area (Å²) in [4.78, 5) is 17.6. The Morgan fingerprint density at radius 1 is 1.08 bits per heavy atom. The van der Waals surface area contributed by atoms with Crippen molar-refractivity contribution < 1.29 is 37.0 Å². The average Bonchev–Trinajstić information content (AvgIpc) is 2.48. The van der Waals surface area contributed by atoms with Crippen molar-refractivity contribution in [3.05, 3.63) is 0 Å². The third kappa shape index (κ3) is 8.04. The number of hydrogen-bond donors (Lipinski definition) is 3. The quantitative estimate of drug-likeness (QED) is 0.483. The number of phosphoric ester groups is 2. The molecule has 0 heterocycles. The molecule has 2 unspecified atom stereocenters. The van der Waals surface area contributed by atoms with Gasteiger partial charge in [-0.2, -0.15) is 0 Å². The Bertz CT molecular complexity index is 461. The van der Waals surface area contributed by atoms with Crippen LogP contribution in [0.5, 0.6) is 0 Å². The highest BCUT2D eigenvalue weighted by atomic mass is 31.2. The summed E-state index contributed by atoms with van der Waals surface area (Å²) in [5, 5.41) is 3.08. The van der Waals surface area contributed by atoms with E-state index in [1.54, 1.807) is 7.05 Å².